The fraction of sp³-hybridized carbons (Fsp3) is 0.125. The van der Waals surface area contributed by atoms with Gasteiger partial charge in [0.2, 0.25) is 11.9 Å². The number of hydrogen-bond donors (Lipinski definition) is 3. The molecule has 0 aliphatic heterocycles. The number of nitrogens with one attached hydrogen (secondary N) is 1. The van der Waals surface area contributed by atoms with Crippen LogP contribution < -0.4 is 26.3 Å². The molecule has 0 aliphatic carbocycles. The van der Waals surface area contributed by atoms with Crippen LogP contribution in [0.2, 0.25) is 10.0 Å². The highest BCUT2D eigenvalue weighted by atomic mass is 35.5. The van der Waals surface area contributed by atoms with Crippen molar-refractivity contribution in [3.63, 3.8) is 0 Å². The quantitative estimate of drug-likeness (QED) is 0.517. The van der Waals surface area contributed by atoms with E-state index in [1.54, 1.807) is 36.4 Å². The van der Waals surface area contributed by atoms with Crippen molar-refractivity contribution in [1.29, 1.82) is 0 Å². The standard InChI is InChI=1S/C16H17Cl2N5O2.ClH/c1-24-13-5-3-9(7-11(13)17)21-15(19)23-16(20)22-10-4-6-14(25-2)12(18)8-10;/h3-8H,1-2H3,(H5,19,20,21,22,23);1H. The van der Waals surface area contributed by atoms with Gasteiger partial charge >= 0.3 is 0 Å². The number of nitrogens with two attached hydrogens (primary N) is 2. The molecule has 5 N–H and O–H groups in total. The molecular formula is C16H18Cl3N5O2. The van der Waals surface area contributed by atoms with Crippen molar-refractivity contribution in [3.8, 4) is 11.5 Å². The highest BCUT2D eigenvalue weighted by Gasteiger charge is 2.04. The zero-order valence-electron chi connectivity index (χ0n) is 14.0. The van der Waals surface area contributed by atoms with Gasteiger partial charge in [-0.05, 0) is 36.4 Å². The van der Waals surface area contributed by atoms with Crippen LogP contribution in [0.4, 0.5) is 11.4 Å². The number of anilines is 1. The van der Waals surface area contributed by atoms with E-state index in [0.717, 1.165) is 0 Å². The summed E-state index contributed by atoms with van der Waals surface area (Å²) in [6.45, 7) is 0. The topological polar surface area (TPSA) is 107 Å². The summed E-state index contributed by atoms with van der Waals surface area (Å²) >= 11 is 12.1. The molecule has 2 rings (SSSR count). The molecular weight excluding hydrogens is 401 g/mol. The summed E-state index contributed by atoms with van der Waals surface area (Å²) in [5, 5.41) is 3.72. The van der Waals surface area contributed by atoms with Gasteiger partial charge in [-0.3, -0.25) is 0 Å². The van der Waals surface area contributed by atoms with Gasteiger partial charge in [0, 0.05) is 5.69 Å². The molecule has 0 aromatic heterocycles. The van der Waals surface area contributed by atoms with Crippen molar-refractivity contribution < 1.29 is 9.47 Å². The Hall–Kier alpha value is -2.35. The van der Waals surface area contributed by atoms with Crippen molar-refractivity contribution in [2.75, 3.05) is 19.5 Å². The predicted octanol–water partition coefficient (Wildman–Crippen LogP) is 3.81. The molecule has 0 saturated carbocycles. The molecule has 0 unspecified atom stereocenters. The SMILES string of the molecule is COc1ccc(N=C(N)N=C(N)Nc2ccc(OC)c(Cl)c2)cc1Cl.Cl. The second kappa shape index (κ2) is 9.96. The molecule has 0 spiro atoms. The van der Waals surface area contributed by atoms with E-state index < -0.39 is 0 Å². The van der Waals surface area contributed by atoms with Crippen LogP contribution in [0, 0.1) is 0 Å². The minimum Gasteiger partial charge on any atom is -0.495 e. The molecule has 0 aliphatic rings. The lowest BCUT2D eigenvalue weighted by molar-refractivity contribution is 0.415. The van der Waals surface area contributed by atoms with Crippen LogP contribution in [-0.4, -0.2) is 26.1 Å². The summed E-state index contributed by atoms with van der Waals surface area (Å²) in [7, 11) is 3.06. The Morgan fingerprint density at radius 2 is 1.54 bits per heavy atom. The summed E-state index contributed by atoms with van der Waals surface area (Å²) in [6.07, 6.45) is 0. The Kier molecular flexibility index (Phi) is 8.31. The van der Waals surface area contributed by atoms with Gasteiger partial charge in [0.1, 0.15) is 11.5 Å². The maximum atomic E-state index is 6.05. The highest BCUT2D eigenvalue weighted by Crippen LogP contribution is 2.29. The van der Waals surface area contributed by atoms with Gasteiger partial charge in [0.15, 0.2) is 0 Å². The zero-order chi connectivity index (χ0) is 18.4. The number of hydrogen-bond acceptors (Lipinski definition) is 3. The fourth-order valence-electron chi connectivity index (χ4n) is 1.93. The van der Waals surface area contributed by atoms with Gasteiger partial charge in [-0.15, -0.1) is 12.4 Å². The molecule has 0 heterocycles. The number of rotatable bonds is 4. The summed E-state index contributed by atoms with van der Waals surface area (Å²) < 4.78 is 10.2. The Labute approximate surface area is 167 Å². The smallest absolute Gasteiger partial charge is 0.223 e. The van der Waals surface area contributed by atoms with Gasteiger partial charge in [-0.1, -0.05) is 23.2 Å². The van der Waals surface area contributed by atoms with Crippen LogP contribution in [0.5, 0.6) is 11.5 Å². The van der Waals surface area contributed by atoms with Crippen LogP contribution in [0.1, 0.15) is 0 Å². The molecule has 2 aromatic carbocycles. The Morgan fingerprint density at radius 1 is 0.962 bits per heavy atom. The van der Waals surface area contributed by atoms with Gasteiger partial charge in [-0.25, -0.2) is 4.99 Å². The molecule has 0 amide bonds. The van der Waals surface area contributed by atoms with Crippen molar-refractivity contribution in [3.05, 3.63) is 46.4 Å². The zero-order valence-corrected chi connectivity index (χ0v) is 16.3. The first-order chi connectivity index (χ1) is 11.9. The number of methoxy groups -OCH3 is 2. The van der Waals surface area contributed by atoms with Gasteiger partial charge in [0.05, 0.1) is 30.0 Å². The van der Waals surface area contributed by atoms with E-state index in [9.17, 15) is 0 Å². The van der Waals surface area contributed by atoms with Crippen LogP contribution in [0.15, 0.2) is 46.4 Å². The fourth-order valence-corrected chi connectivity index (χ4v) is 2.44. The van der Waals surface area contributed by atoms with E-state index >= 15 is 0 Å². The Morgan fingerprint density at radius 3 is 2.08 bits per heavy atom. The molecule has 0 fully saturated rings. The number of aliphatic imine (C=N–C) groups is 2. The summed E-state index contributed by atoms with van der Waals surface area (Å²) in [5.41, 5.74) is 12.7. The molecule has 0 radical (unpaired) electrons. The van der Waals surface area contributed by atoms with Crippen LogP contribution in [-0.2, 0) is 0 Å². The third kappa shape index (κ3) is 5.87. The van der Waals surface area contributed by atoms with Crippen LogP contribution in [0.3, 0.4) is 0 Å². The van der Waals surface area contributed by atoms with Gasteiger partial charge < -0.3 is 26.3 Å². The van der Waals surface area contributed by atoms with E-state index in [1.807, 2.05) is 0 Å². The van der Waals surface area contributed by atoms with E-state index in [-0.39, 0.29) is 24.3 Å². The number of halogens is 3. The number of guanidine groups is 2. The molecule has 26 heavy (non-hydrogen) atoms. The predicted molar refractivity (Wildman–Crippen MR) is 110 cm³/mol. The van der Waals surface area contributed by atoms with Gasteiger partial charge in [0.25, 0.3) is 0 Å². The number of benzene rings is 2. The van der Waals surface area contributed by atoms with Crippen molar-refractivity contribution in [2.45, 2.75) is 0 Å². The van der Waals surface area contributed by atoms with Crippen LogP contribution >= 0.6 is 35.6 Å². The van der Waals surface area contributed by atoms with Crippen molar-refractivity contribution >= 4 is 58.9 Å². The monoisotopic (exact) mass is 417 g/mol. The van der Waals surface area contributed by atoms with E-state index in [4.69, 9.17) is 44.1 Å². The van der Waals surface area contributed by atoms with Crippen molar-refractivity contribution in [1.82, 2.24) is 0 Å². The number of nitrogens with zero attached hydrogens (tertiary/aromatic N) is 2. The molecule has 7 nitrogen and oxygen atoms in total. The lowest BCUT2D eigenvalue weighted by Gasteiger charge is -2.08. The van der Waals surface area contributed by atoms with E-state index in [0.29, 0.717) is 32.9 Å². The normalized spacial score (nSPS) is 11.5. The second-order valence-corrected chi connectivity index (χ2v) is 5.57. The Balaban J connectivity index is 0.00000338. The summed E-state index contributed by atoms with van der Waals surface area (Å²) in [5.74, 6) is 1.12. The van der Waals surface area contributed by atoms with Crippen molar-refractivity contribution in [2.24, 2.45) is 21.5 Å². The minimum atomic E-state index is -0.0363. The number of ether oxygens (including phenoxy) is 2. The maximum absolute atomic E-state index is 6.05. The first-order valence-corrected chi connectivity index (χ1v) is 7.81. The molecule has 2 aromatic rings. The summed E-state index contributed by atoms with van der Waals surface area (Å²) in [6, 6.07) is 10.1. The highest BCUT2D eigenvalue weighted by molar-refractivity contribution is 6.32. The van der Waals surface area contributed by atoms with Gasteiger partial charge in [-0.2, -0.15) is 4.99 Å². The minimum absolute atomic E-state index is 0. The largest absolute Gasteiger partial charge is 0.495 e. The lowest BCUT2D eigenvalue weighted by Crippen LogP contribution is -2.26. The second-order valence-electron chi connectivity index (χ2n) is 4.76. The first kappa shape index (κ1) is 21.7. The molecule has 10 heteroatoms. The molecule has 0 atom stereocenters. The third-order valence-electron chi connectivity index (χ3n) is 3.04. The average Bonchev–Trinajstić information content (AvgIpc) is 2.55. The molecule has 0 saturated heterocycles. The van der Waals surface area contributed by atoms with Crippen LogP contribution in [0.25, 0.3) is 0 Å². The summed E-state index contributed by atoms with van der Waals surface area (Å²) in [4.78, 5) is 8.10. The maximum Gasteiger partial charge on any atom is 0.223 e. The third-order valence-corrected chi connectivity index (χ3v) is 3.63. The van der Waals surface area contributed by atoms with E-state index in [2.05, 4.69) is 15.3 Å². The van der Waals surface area contributed by atoms with E-state index in [1.165, 1.54) is 14.2 Å². The first-order valence-electron chi connectivity index (χ1n) is 7.05. The Bertz CT molecular complexity index is 828. The molecule has 0 bridgehead atoms. The molecule has 140 valence electrons. The average molecular weight is 419 g/mol. The lowest BCUT2D eigenvalue weighted by atomic mass is 10.3.